The zero-order valence-corrected chi connectivity index (χ0v) is 19.0. The van der Waals surface area contributed by atoms with E-state index in [1.54, 1.807) is 18.3 Å². The van der Waals surface area contributed by atoms with E-state index in [0.29, 0.717) is 41.4 Å². The van der Waals surface area contributed by atoms with Crippen LogP contribution in [-0.4, -0.2) is 39.9 Å². The summed E-state index contributed by atoms with van der Waals surface area (Å²) in [4.78, 5) is 24.9. The number of alkyl halides is 1. The van der Waals surface area contributed by atoms with Crippen molar-refractivity contribution in [1.82, 2.24) is 14.9 Å². The molecule has 5 rings (SSSR count). The Balaban J connectivity index is 1.41. The van der Waals surface area contributed by atoms with Gasteiger partial charge in [-0.05, 0) is 48.8 Å². The van der Waals surface area contributed by atoms with Gasteiger partial charge < -0.3 is 10.2 Å². The van der Waals surface area contributed by atoms with E-state index in [0.717, 1.165) is 29.8 Å². The third-order valence-corrected chi connectivity index (χ3v) is 7.23. The van der Waals surface area contributed by atoms with Crippen molar-refractivity contribution in [3.8, 4) is 11.1 Å². The fourth-order valence-corrected chi connectivity index (χ4v) is 5.12. The second-order valence-corrected chi connectivity index (χ2v) is 9.31. The van der Waals surface area contributed by atoms with Crippen molar-refractivity contribution in [3.63, 3.8) is 0 Å². The number of amides is 1. The van der Waals surface area contributed by atoms with Crippen LogP contribution in [0.5, 0.6) is 0 Å². The van der Waals surface area contributed by atoms with Gasteiger partial charge in [0, 0.05) is 42.1 Å². The van der Waals surface area contributed by atoms with E-state index in [9.17, 15) is 9.18 Å². The maximum Gasteiger partial charge on any atom is 0.273 e. The number of pyridine rings is 2. The number of likely N-dealkylation sites (tertiary alicyclic amines) is 1. The van der Waals surface area contributed by atoms with Gasteiger partial charge in [0.25, 0.3) is 5.91 Å². The van der Waals surface area contributed by atoms with Crippen LogP contribution >= 0.6 is 0 Å². The first-order valence-electron chi connectivity index (χ1n) is 11.6. The van der Waals surface area contributed by atoms with Crippen LogP contribution in [-0.2, 0) is 6.67 Å². The minimum Gasteiger partial charge on any atom is -0.368 e. The maximum absolute atomic E-state index is 13.9. The first-order valence-corrected chi connectivity index (χ1v) is 11.6. The van der Waals surface area contributed by atoms with Gasteiger partial charge in [0.05, 0.1) is 0 Å². The van der Waals surface area contributed by atoms with Crippen molar-refractivity contribution in [1.29, 1.82) is 0 Å². The molecule has 2 aromatic heterocycles. The molecule has 3 aromatic rings. The number of aryl methyl sites for hydroxylation is 1. The van der Waals surface area contributed by atoms with Crippen LogP contribution < -0.4 is 5.32 Å². The van der Waals surface area contributed by atoms with Crippen LogP contribution in [0.2, 0.25) is 0 Å². The zero-order valence-electron chi connectivity index (χ0n) is 19.0. The first kappa shape index (κ1) is 21.6. The lowest BCUT2D eigenvalue weighted by Crippen LogP contribution is -2.48. The number of carbonyl (C=O) groups is 1. The van der Waals surface area contributed by atoms with Crippen LogP contribution in [0.3, 0.4) is 0 Å². The van der Waals surface area contributed by atoms with Gasteiger partial charge in [0.15, 0.2) is 0 Å². The average molecular weight is 445 g/mol. The number of hydrogen-bond acceptors (Lipinski definition) is 4. The summed E-state index contributed by atoms with van der Waals surface area (Å²) in [7, 11) is 0. The van der Waals surface area contributed by atoms with Gasteiger partial charge in [-0.3, -0.25) is 4.79 Å². The fraction of sp³-hybridized carbons (Fsp3) is 0.370. The second-order valence-electron chi connectivity index (χ2n) is 9.31. The summed E-state index contributed by atoms with van der Waals surface area (Å²) in [5.74, 6) is 2.57. The van der Waals surface area contributed by atoms with Gasteiger partial charge in [-0.15, -0.1) is 0 Å². The number of nitrogens with zero attached hydrogens (tertiary/aromatic N) is 3. The number of nitrogens with one attached hydrogen (secondary N) is 1. The van der Waals surface area contributed by atoms with E-state index in [4.69, 9.17) is 4.98 Å². The molecule has 0 bridgehead atoms. The van der Waals surface area contributed by atoms with Gasteiger partial charge in [-0.2, -0.15) is 0 Å². The van der Waals surface area contributed by atoms with Crippen LogP contribution in [0, 0.1) is 24.7 Å². The van der Waals surface area contributed by atoms with E-state index in [2.05, 4.69) is 17.2 Å². The molecule has 6 heteroatoms. The Kier molecular flexibility index (Phi) is 5.83. The van der Waals surface area contributed by atoms with Gasteiger partial charge in [-0.25, -0.2) is 14.4 Å². The van der Waals surface area contributed by atoms with Crippen molar-refractivity contribution in [3.05, 3.63) is 77.7 Å². The van der Waals surface area contributed by atoms with E-state index in [1.165, 1.54) is 0 Å². The summed E-state index contributed by atoms with van der Waals surface area (Å²) < 4.78 is 12.8. The molecule has 1 amide bonds. The fourth-order valence-electron chi connectivity index (χ4n) is 5.12. The highest BCUT2D eigenvalue weighted by atomic mass is 19.1. The third-order valence-electron chi connectivity index (χ3n) is 7.23. The van der Waals surface area contributed by atoms with Crippen molar-refractivity contribution < 1.29 is 9.18 Å². The largest absolute Gasteiger partial charge is 0.368 e. The number of rotatable bonds is 6. The lowest BCUT2D eigenvalue weighted by Gasteiger charge is -2.36. The number of halogens is 1. The van der Waals surface area contributed by atoms with E-state index in [1.807, 2.05) is 54.3 Å². The molecule has 33 heavy (non-hydrogen) atoms. The van der Waals surface area contributed by atoms with Gasteiger partial charge in [0.2, 0.25) is 0 Å². The number of benzene rings is 1. The Morgan fingerprint density at radius 2 is 1.94 bits per heavy atom. The van der Waals surface area contributed by atoms with E-state index >= 15 is 0 Å². The second kappa shape index (κ2) is 8.93. The number of aromatic nitrogens is 2. The molecule has 5 nitrogen and oxygen atoms in total. The Labute approximate surface area is 194 Å². The molecule has 2 fully saturated rings. The SMILES string of the molecule is Cc1ccc(-c2ccccc2)c(C(=O)N2CC3C(C)C3CC2CNc2ccc(CF)cn2)n1. The highest BCUT2D eigenvalue weighted by molar-refractivity contribution is 5.99. The predicted molar refractivity (Wildman–Crippen MR) is 128 cm³/mol. The lowest BCUT2D eigenvalue weighted by molar-refractivity contribution is 0.0610. The molecule has 1 aliphatic carbocycles. The molecule has 1 aromatic carbocycles. The maximum atomic E-state index is 13.9. The molecular formula is C27H29FN4O. The van der Waals surface area contributed by atoms with Crippen molar-refractivity contribution in [2.24, 2.45) is 17.8 Å². The molecule has 1 aliphatic heterocycles. The number of fused-ring (bicyclic) bond motifs is 1. The van der Waals surface area contributed by atoms with Gasteiger partial charge >= 0.3 is 0 Å². The van der Waals surface area contributed by atoms with Crippen LogP contribution in [0.1, 0.15) is 35.1 Å². The average Bonchev–Trinajstić information content (AvgIpc) is 3.50. The lowest BCUT2D eigenvalue weighted by atomic mass is 9.98. The van der Waals surface area contributed by atoms with E-state index < -0.39 is 6.67 Å². The van der Waals surface area contributed by atoms with Gasteiger partial charge in [-0.1, -0.05) is 49.4 Å². The number of hydrogen-bond donors (Lipinski definition) is 1. The summed E-state index contributed by atoms with van der Waals surface area (Å²) >= 11 is 0. The smallest absolute Gasteiger partial charge is 0.273 e. The minimum absolute atomic E-state index is 0.0114. The zero-order chi connectivity index (χ0) is 22.9. The van der Waals surface area contributed by atoms with Gasteiger partial charge in [0.1, 0.15) is 18.2 Å². The normalized spacial score (nSPS) is 23.7. The quantitative estimate of drug-likeness (QED) is 0.573. The Morgan fingerprint density at radius 1 is 1.12 bits per heavy atom. The molecule has 3 heterocycles. The summed E-state index contributed by atoms with van der Waals surface area (Å²) in [5, 5.41) is 3.37. The molecule has 1 saturated carbocycles. The van der Waals surface area contributed by atoms with Crippen molar-refractivity contribution >= 4 is 11.7 Å². The number of carbonyl (C=O) groups excluding carboxylic acids is 1. The first-order chi connectivity index (χ1) is 16.0. The summed E-state index contributed by atoms with van der Waals surface area (Å²) in [5.41, 5.74) is 3.77. The van der Waals surface area contributed by atoms with Crippen molar-refractivity contribution in [2.45, 2.75) is 33.0 Å². The molecule has 0 radical (unpaired) electrons. The summed E-state index contributed by atoms with van der Waals surface area (Å²) in [6.45, 7) is 5.05. The Hall–Kier alpha value is -3.28. The highest BCUT2D eigenvalue weighted by Crippen LogP contribution is 2.53. The predicted octanol–water partition coefficient (Wildman–Crippen LogP) is 5.13. The molecule has 1 saturated heterocycles. The minimum atomic E-state index is -0.521. The van der Waals surface area contributed by atoms with Crippen LogP contribution in [0.15, 0.2) is 60.8 Å². The standard InChI is InChI=1S/C27H29FN4O/c1-17-8-10-22(20-6-4-3-5-7-20)26(31-17)27(33)32-16-24-18(2)23(24)12-21(32)15-30-25-11-9-19(13-28)14-29-25/h3-11,14,18,21,23-24H,12-13,15-16H2,1-2H3,(H,29,30). The monoisotopic (exact) mass is 444 g/mol. The molecule has 1 N–H and O–H groups in total. The molecule has 0 spiro atoms. The molecule has 4 unspecified atom stereocenters. The Morgan fingerprint density at radius 3 is 2.67 bits per heavy atom. The topological polar surface area (TPSA) is 58.1 Å². The van der Waals surface area contributed by atoms with Crippen LogP contribution in [0.4, 0.5) is 10.2 Å². The molecule has 170 valence electrons. The summed E-state index contributed by atoms with van der Waals surface area (Å²) in [6, 6.07) is 17.5. The van der Waals surface area contributed by atoms with E-state index in [-0.39, 0.29) is 11.9 Å². The summed E-state index contributed by atoms with van der Waals surface area (Å²) in [6.07, 6.45) is 2.52. The molecule has 2 aliphatic rings. The van der Waals surface area contributed by atoms with Crippen LogP contribution in [0.25, 0.3) is 11.1 Å². The molecule has 4 atom stereocenters. The highest BCUT2D eigenvalue weighted by Gasteiger charge is 2.53. The number of piperidine rings is 1. The number of anilines is 1. The third kappa shape index (κ3) is 4.34. The van der Waals surface area contributed by atoms with Crippen molar-refractivity contribution in [2.75, 3.05) is 18.4 Å². The molecular weight excluding hydrogens is 415 g/mol. The Bertz CT molecular complexity index is 1130.